The molecule has 0 aliphatic rings. The maximum Gasteiger partial charge on any atom is 0.270 e. The van der Waals surface area contributed by atoms with E-state index in [4.69, 9.17) is 0 Å². The highest BCUT2D eigenvalue weighted by Gasteiger charge is 2.15. The van der Waals surface area contributed by atoms with Gasteiger partial charge in [-0.2, -0.15) is 0 Å². The summed E-state index contributed by atoms with van der Waals surface area (Å²) in [6, 6.07) is 1.70. The molecular formula is C14H24N4O. The van der Waals surface area contributed by atoms with Crippen LogP contribution >= 0.6 is 0 Å². The van der Waals surface area contributed by atoms with Crippen molar-refractivity contribution < 1.29 is 4.79 Å². The molecule has 1 amide bonds. The van der Waals surface area contributed by atoms with Gasteiger partial charge in [0.2, 0.25) is 5.95 Å². The average Bonchev–Trinajstić information content (AvgIpc) is 2.22. The predicted octanol–water partition coefficient (Wildman–Crippen LogP) is 2.38. The normalized spacial score (nSPS) is 11.5. The number of carbonyl (C=O) groups excluding carboxylic acids is 1. The molecule has 0 saturated heterocycles. The van der Waals surface area contributed by atoms with Crippen molar-refractivity contribution in [2.45, 2.75) is 47.1 Å². The summed E-state index contributed by atoms with van der Waals surface area (Å²) in [5, 5.41) is 6.04. The maximum atomic E-state index is 12.0. The Kier molecular flexibility index (Phi) is 4.86. The van der Waals surface area contributed by atoms with Crippen LogP contribution in [0.5, 0.6) is 0 Å². The number of rotatable bonds is 4. The largest absolute Gasteiger partial charge is 0.350 e. The summed E-state index contributed by atoms with van der Waals surface area (Å²) in [5.74, 6) is 0.748. The third kappa shape index (κ3) is 5.68. The molecule has 1 rings (SSSR count). The van der Waals surface area contributed by atoms with Crippen LogP contribution in [-0.4, -0.2) is 28.0 Å². The van der Waals surface area contributed by atoms with Gasteiger partial charge in [-0.15, -0.1) is 0 Å². The third-order valence-corrected chi connectivity index (χ3v) is 2.24. The molecule has 0 spiro atoms. The highest BCUT2D eigenvalue weighted by Crippen LogP contribution is 2.11. The van der Waals surface area contributed by atoms with Crippen LogP contribution in [0.3, 0.4) is 0 Å². The molecule has 0 atom stereocenters. The van der Waals surface area contributed by atoms with Gasteiger partial charge in [0.1, 0.15) is 5.69 Å². The zero-order chi connectivity index (χ0) is 14.6. The quantitative estimate of drug-likeness (QED) is 0.876. The Hall–Kier alpha value is -1.65. The lowest BCUT2D eigenvalue weighted by molar-refractivity contribution is 0.0944. The number of anilines is 1. The van der Waals surface area contributed by atoms with Crippen molar-refractivity contribution in [2.24, 2.45) is 5.92 Å². The van der Waals surface area contributed by atoms with E-state index < -0.39 is 0 Å². The molecule has 0 radical (unpaired) electrons. The smallest absolute Gasteiger partial charge is 0.270 e. The third-order valence-electron chi connectivity index (χ3n) is 2.24. The zero-order valence-electron chi connectivity index (χ0n) is 12.7. The summed E-state index contributed by atoms with van der Waals surface area (Å²) < 4.78 is 0. The number of aromatic nitrogens is 2. The minimum atomic E-state index is -0.156. The fourth-order valence-electron chi connectivity index (χ4n) is 1.46. The Morgan fingerprint density at radius 2 is 1.95 bits per heavy atom. The van der Waals surface area contributed by atoms with E-state index in [1.165, 1.54) is 0 Å². The molecule has 5 heteroatoms. The van der Waals surface area contributed by atoms with Crippen molar-refractivity contribution >= 4 is 11.9 Å². The molecule has 0 fully saturated rings. The minimum absolute atomic E-state index is 0.139. The maximum absolute atomic E-state index is 12.0. The van der Waals surface area contributed by atoms with Crippen molar-refractivity contribution in [3.05, 3.63) is 17.5 Å². The number of hydrogen-bond donors (Lipinski definition) is 2. The molecule has 19 heavy (non-hydrogen) atoms. The van der Waals surface area contributed by atoms with Crippen molar-refractivity contribution in [3.63, 3.8) is 0 Å². The first kappa shape index (κ1) is 15.4. The number of nitrogens with zero attached hydrogens (tertiary/aromatic N) is 2. The topological polar surface area (TPSA) is 66.9 Å². The minimum Gasteiger partial charge on any atom is -0.350 e. The Morgan fingerprint density at radius 3 is 2.47 bits per heavy atom. The highest BCUT2D eigenvalue weighted by molar-refractivity contribution is 5.92. The van der Waals surface area contributed by atoms with Crippen LogP contribution < -0.4 is 10.6 Å². The molecule has 106 valence electrons. The van der Waals surface area contributed by atoms with Gasteiger partial charge in [-0.3, -0.25) is 4.79 Å². The van der Waals surface area contributed by atoms with E-state index in [0.29, 0.717) is 24.1 Å². The molecule has 2 N–H and O–H groups in total. The molecule has 1 aromatic rings. The molecule has 0 aromatic carbocycles. The first-order chi connectivity index (χ1) is 8.67. The number of amides is 1. The molecule has 1 aromatic heterocycles. The Morgan fingerprint density at radius 1 is 1.32 bits per heavy atom. The second-order valence-corrected chi connectivity index (χ2v) is 6.20. The van der Waals surface area contributed by atoms with E-state index in [1.807, 2.05) is 27.7 Å². The number of hydrogen-bond acceptors (Lipinski definition) is 4. The average molecular weight is 264 g/mol. The lowest BCUT2D eigenvalue weighted by Crippen LogP contribution is -2.30. The van der Waals surface area contributed by atoms with Crippen LogP contribution in [0.4, 0.5) is 5.95 Å². The van der Waals surface area contributed by atoms with E-state index in [-0.39, 0.29) is 11.4 Å². The second-order valence-electron chi connectivity index (χ2n) is 6.20. The molecule has 0 bridgehead atoms. The van der Waals surface area contributed by atoms with Gasteiger partial charge in [0, 0.05) is 17.8 Å². The molecular weight excluding hydrogens is 240 g/mol. The number of carbonyl (C=O) groups is 1. The Balaban J connectivity index is 2.87. The molecule has 0 aliphatic carbocycles. The first-order valence-electron chi connectivity index (χ1n) is 6.59. The summed E-state index contributed by atoms with van der Waals surface area (Å²) in [7, 11) is 0. The SMILES string of the molecule is Cc1cc(C(=O)NCC(C)C)nc(NC(C)(C)C)n1. The van der Waals surface area contributed by atoms with Gasteiger partial charge >= 0.3 is 0 Å². The van der Waals surface area contributed by atoms with Gasteiger partial charge in [0.05, 0.1) is 0 Å². The standard InChI is InChI=1S/C14H24N4O/c1-9(2)8-15-12(19)11-7-10(3)16-13(17-11)18-14(4,5)6/h7,9H,8H2,1-6H3,(H,15,19)(H,16,17,18). The second kappa shape index (κ2) is 5.99. The first-order valence-corrected chi connectivity index (χ1v) is 6.59. The zero-order valence-corrected chi connectivity index (χ0v) is 12.7. The van der Waals surface area contributed by atoms with Crippen molar-refractivity contribution in [3.8, 4) is 0 Å². The highest BCUT2D eigenvalue weighted by atomic mass is 16.1. The summed E-state index contributed by atoms with van der Waals surface area (Å²) >= 11 is 0. The van der Waals surface area contributed by atoms with Crippen LogP contribution in [0.15, 0.2) is 6.07 Å². The fraction of sp³-hybridized carbons (Fsp3) is 0.643. The summed E-state index contributed by atoms with van der Waals surface area (Å²) in [6.07, 6.45) is 0. The van der Waals surface area contributed by atoms with Gasteiger partial charge in [0.15, 0.2) is 0 Å². The monoisotopic (exact) mass is 264 g/mol. The van der Waals surface area contributed by atoms with E-state index in [2.05, 4.69) is 34.4 Å². The van der Waals surface area contributed by atoms with Crippen molar-refractivity contribution in [2.75, 3.05) is 11.9 Å². The van der Waals surface area contributed by atoms with Gasteiger partial charge in [0.25, 0.3) is 5.91 Å². The Bertz CT molecular complexity index is 449. The van der Waals surface area contributed by atoms with Crippen LogP contribution in [0.2, 0.25) is 0 Å². The van der Waals surface area contributed by atoms with Crippen LogP contribution in [0.25, 0.3) is 0 Å². The molecule has 1 heterocycles. The van der Waals surface area contributed by atoms with E-state index in [0.717, 1.165) is 5.69 Å². The summed E-state index contributed by atoms with van der Waals surface area (Å²) in [6.45, 7) is 12.7. The van der Waals surface area contributed by atoms with Gasteiger partial charge in [-0.25, -0.2) is 9.97 Å². The number of nitrogens with one attached hydrogen (secondary N) is 2. The molecule has 5 nitrogen and oxygen atoms in total. The van der Waals surface area contributed by atoms with Crippen LogP contribution in [-0.2, 0) is 0 Å². The summed E-state index contributed by atoms with van der Waals surface area (Å²) in [4.78, 5) is 20.5. The van der Waals surface area contributed by atoms with Crippen molar-refractivity contribution in [1.82, 2.24) is 15.3 Å². The van der Waals surface area contributed by atoms with E-state index in [1.54, 1.807) is 6.07 Å². The number of aryl methyl sites for hydroxylation is 1. The Labute approximate surface area is 115 Å². The molecule has 0 saturated carbocycles. The van der Waals surface area contributed by atoms with Gasteiger partial charge in [-0.1, -0.05) is 13.8 Å². The van der Waals surface area contributed by atoms with Crippen LogP contribution in [0.1, 0.15) is 50.8 Å². The predicted molar refractivity (Wildman–Crippen MR) is 77.3 cm³/mol. The molecule has 0 aliphatic heterocycles. The lowest BCUT2D eigenvalue weighted by Gasteiger charge is -2.20. The molecule has 0 unspecified atom stereocenters. The van der Waals surface area contributed by atoms with Gasteiger partial charge in [-0.05, 0) is 39.7 Å². The van der Waals surface area contributed by atoms with Crippen molar-refractivity contribution in [1.29, 1.82) is 0 Å². The van der Waals surface area contributed by atoms with Gasteiger partial charge < -0.3 is 10.6 Å². The summed E-state index contributed by atoms with van der Waals surface area (Å²) in [5.41, 5.74) is 1.04. The fourth-order valence-corrected chi connectivity index (χ4v) is 1.46. The van der Waals surface area contributed by atoms with E-state index >= 15 is 0 Å². The van der Waals surface area contributed by atoms with E-state index in [9.17, 15) is 4.79 Å². The lowest BCUT2D eigenvalue weighted by atomic mass is 10.1. The van der Waals surface area contributed by atoms with Crippen LogP contribution in [0, 0.1) is 12.8 Å².